The highest BCUT2D eigenvalue weighted by molar-refractivity contribution is 6.07. The van der Waals surface area contributed by atoms with Crippen molar-refractivity contribution >= 4 is 22.8 Å². The normalized spacial score (nSPS) is 10.8. The third kappa shape index (κ3) is 2.83. The second-order valence-corrected chi connectivity index (χ2v) is 5.49. The summed E-state index contributed by atoms with van der Waals surface area (Å²) in [5.74, 6) is -0.970. The van der Waals surface area contributed by atoms with Gasteiger partial charge in [0.15, 0.2) is 5.65 Å². The molecule has 0 atom stereocenters. The molecule has 0 aliphatic carbocycles. The number of hydrogen-bond acceptors (Lipinski definition) is 4. The number of benzene rings is 1. The van der Waals surface area contributed by atoms with Gasteiger partial charge in [0.1, 0.15) is 0 Å². The summed E-state index contributed by atoms with van der Waals surface area (Å²) in [6, 6.07) is 11.3. The van der Waals surface area contributed by atoms with E-state index >= 15 is 0 Å². The first-order valence-corrected chi connectivity index (χ1v) is 7.46. The number of nitrogens with one attached hydrogen (secondary N) is 1. The van der Waals surface area contributed by atoms with Crippen LogP contribution in [-0.2, 0) is 4.79 Å². The van der Waals surface area contributed by atoms with Gasteiger partial charge in [-0.05, 0) is 32.0 Å². The molecule has 0 fully saturated rings. The van der Waals surface area contributed by atoms with E-state index < -0.39 is 5.91 Å². The summed E-state index contributed by atoms with van der Waals surface area (Å²) < 4.78 is 1.71. The van der Waals surface area contributed by atoms with Crippen molar-refractivity contribution < 1.29 is 9.59 Å². The minimum absolute atomic E-state index is 0.215. The average Bonchev–Trinajstić information content (AvgIpc) is 2.89. The molecular formula is C17H17N5O2. The highest BCUT2D eigenvalue weighted by Crippen LogP contribution is 2.24. The van der Waals surface area contributed by atoms with Gasteiger partial charge in [-0.2, -0.15) is 5.10 Å². The topological polar surface area (TPSA) is 103 Å². The van der Waals surface area contributed by atoms with Crippen LogP contribution < -0.4 is 11.1 Å². The lowest BCUT2D eigenvalue weighted by Gasteiger charge is -2.07. The van der Waals surface area contributed by atoms with Crippen molar-refractivity contribution in [1.29, 1.82) is 0 Å². The fraction of sp³-hybridized carbons (Fsp3) is 0.176. The highest BCUT2D eigenvalue weighted by Gasteiger charge is 2.19. The zero-order valence-electron chi connectivity index (χ0n) is 13.4. The standard InChI is InChI=1S/C17H17N5O2/c1-10-8-13(17(24)19-9-14(18)23)15-11(2)21-22(16(15)20-10)12-6-4-3-5-7-12/h3-8H,9H2,1-2H3,(H2,18,23)(H,19,24). The first-order valence-electron chi connectivity index (χ1n) is 7.46. The Labute approximate surface area is 138 Å². The molecule has 122 valence electrons. The maximum Gasteiger partial charge on any atom is 0.252 e. The largest absolute Gasteiger partial charge is 0.368 e. The number of nitrogens with zero attached hydrogens (tertiary/aromatic N) is 3. The summed E-state index contributed by atoms with van der Waals surface area (Å²) in [7, 11) is 0. The quantitative estimate of drug-likeness (QED) is 0.754. The third-order valence-corrected chi connectivity index (χ3v) is 3.61. The van der Waals surface area contributed by atoms with Crippen LogP contribution in [0.25, 0.3) is 16.7 Å². The molecule has 0 radical (unpaired) electrons. The van der Waals surface area contributed by atoms with E-state index in [-0.39, 0.29) is 12.5 Å². The van der Waals surface area contributed by atoms with Crippen molar-refractivity contribution in [2.45, 2.75) is 13.8 Å². The van der Waals surface area contributed by atoms with Gasteiger partial charge < -0.3 is 11.1 Å². The molecule has 7 nitrogen and oxygen atoms in total. The predicted molar refractivity (Wildman–Crippen MR) is 89.9 cm³/mol. The fourth-order valence-electron chi connectivity index (χ4n) is 2.60. The Bertz CT molecular complexity index is 931. The van der Waals surface area contributed by atoms with Crippen LogP contribution in [0.15, 0.2) is 36.4 Å². The van der Waals surface area contributed by atoms with Gasteiger partial charge >= 0.3 is 0 Å². The number of para-hydroxylation sites is 1. The Balaban J connectivity index is 2.17. The van der Waals surface area contributed by atoms with E-state index in [4.69, 9.17) is 5.73 Å². The minimum atomic E-state index is -0.595. The van der Waals surface area contributed by atoms with Gasteiger partial charge in [0.05, 0.1) is 28.9 Å². The molecule has 0 aliphatic rings. The summed E-state index contributed by atoms with van der Waals surface area (Å²) in [6.07, 6.45) is 0. The minimum Gasteiger partial charge on any atom is -0.368 e. The van der Waals surface area contributed by atoms with Gasteiger partial charge in [0.2, 0.25) is 5.91 Å². The molecule has 24 heavy (non-hydrogen) atoms. The summed E-state index contributed by atoms with van der Waals surface area (Å²) in [6.45, 7) is 3.42. The SMILES string of the molecule is Cc1cc(C(=O)NCC(N)=O)c2c(C)nn(-c3ccccc3)c2n1. The van der Waals surface area contributed by atoms with Crippen LogP contribution >= 0.6 is 0 Å². The molecule has 2 aromatic heterocycles. The maximum atomic E-state index is 12.4. The first-order chi connectivity index (χ1) is 11.5. The van der Waals surface area contributed by atoms with Crippen LogP contribution in [0.1, 0.15) is 21.7 Å². The van der Waals surface area contributed by atoms with Crippen molar-refractivity contribution in [2.75, 3.05) is 6.54 Å². The molecule has 2 amide bonds. The second kappa shape index (κ2) is 6.11. The number of hydrogen-bond donors (Lipinski definition) is 2. The summed E-state index contributed by atoms with van der Waals surface area (Å²) in [5, 5.41) is 7.70. The zero-order chi connectivity index (χ0) is 17.3. The monoisotopic (exact) mass is 323 g/mol. The fourth-order valence-corrected chi connectivity index (χ4v) is 2.60. The summed E-state index contributed by atoms with van der Waals surface area (Å²) in [4.78, 5) is 27.9. The van der Waals surface area contributed by atoms with Crippen LogP contribution in [0.5, 0.6) is 0 Å². The van der Waals surface area contributed by atoms with E-state index in [0.717, 1.165) is 5.69 Å². The Kier molecular flexibility index (Phi) is 3.99. The Hall–Kier alpha value is -3.22. The molecule has 0 bridgehead atoms. The Morgan fingerprint density at radius 1 is 1.21 bits per heavy atom. The Morgan fingerprint density at radius 2 is 1.92 bits per heavy atom. The lowest BCUT2D eigenvalue weighted by molar-refractivity contribution is -0.117. The number of pyridine rings is 1. The Morgan fingerprint density at radius 3 is 2.58 bits per heavy atom. The van der Waals surface area contributed by atoms with E-state index in [1.54, 1.807) is 10.7 Å². The van der Waals surface area contributed by atoms with Gasteiger partial charge in [0, 0.05) is 5.69 Å². The van der Waals surface area contributed by atoms with Crippen LogP contribution in [0.3, 0.4) is 0 Å². The molecule has 0 aliphatic heterocycles. The molecule has 2 heterocycles. The smallest absolute Gasteiger partial charge is 0.252 e. The van der Waals surface area contributed by atoms with Crippen molar-refractivity contribution in [2.24, 2.45) is 5.73 Å². The van der Waals surface area contributed by atoms with Gasteiger partial charge in [-0.15, -0.1) is 0 Å². The lowest BCUT2D eigenvalue weighted by Crippen LogP contribution is -2.33. The predicted octanol–water partition coefficient (Wildman–Crippen LogP) is 1.25. The molecule has 3 rings (SSSR count). The molecular weight excluding hydrogens is 306 g/mol. The van der Waals surface area contributed by atoms with Crippen LogP contribution in [0.2, 0.25) is 0 Å². The van der Waals surface area contributed by atoms with Gasteiger partial charge in [0.25, 0.3) is 5.91 Å². The summed E-state index contributed by atoms with van der Waals surface area (Å²) in [5.41, 5.74) is 8.35. The van der Waals surface area contributed by atoms with E-state index in [0.29, 0.717) is 28.0 Å². The van der Waals surface area contributed by atoms with Gasteiger partial charge in [-0.25, -0.2) is 9.67 Å². The number of carbonyl (C=O) groups is 2. The number of aromatic nitrogens is 3. The van der Waals surface area contributed by atoms with Crippen molar-refractivity contribution in [3.8, 4) is 5.69 Å². The molecule has 3 N–H and O–H groups in total. The molecule has 0 unspecified atom stereocenters. The maximum absolute atomic E-state index is 12.4. The van der Waals surface area contributed by atoms with Crippen molar-refractivity contribution in [3.63, 3.8) is 0 Å². The number of amides is 2. The van der Waals surface area contributed by atoms with Gasteiger partial charge in [-0.1, -0.05) is 18.2 Å². The van der Waals surface area contributed by atoms with E-state index in [1.165, 1.54) is 0 Å². The number of primary amides is 1. The second-order valence-electron chi connectivity index (χ2n) is 5.49. The van der Waals surface area contributed by atoms with Crippen molar-refractivity contribution in [3.05, 3.63) is 53.3 Å². The molecule has 0 saturated heterocycles. The van der Waals surface area contributed by atoms with Crippen LogP contribution in [-0.4, -0.2) is 33.1 Å². The van der Waals surface area contributed by atoms with Gasteiger partial charge in [-0.3, -0.25) is 9.59 Å². The lowest BCUT2D eigenvalue weighted by atomic mass is 10.1. The van der Waals surface area contributed by atoms with Crippen LogP contribution in [0.4, 0.5) is 0 Å². The number of nitrogens with two attached hydrogens (primary N) is 1. The number of rotatable bonds is 4. The highest BCUT2D eigenvalue weighted by atomic mass is 16.2. The van der Waals surface area contributed by atoms with Crippen LogP contribution in [0, 0.1) is 13.8 Å². The van der Waals surface area contributed by atoms with E-state index in [2.05, 4.69) is 15.4 Å². The molecule has 0 spiro atoms. The number of carbonyl (C=O) groups excluding carboxylic acids is 2. The zero-order valence-corrected chi connectivity index (χ0v) is 13.4. The van der Waals surface area contributed by atoms with E-state index in [9.17, 15) is 9.59 Å². The average molecular weight is 323 g/mol. The molecule has 7 heteroatoms. The van der Waals surface area contributed by atoms with Crippen molar-refractivity contribution in [1.82, 2.24) is 20.1 Å². The molecule has 3 aromatic rings. The van der Waals surface area contributed by atoms with E-state index in [1.807, 2.05) is 44.2 Å². The third-order valence-electron chi connectivity index (χ3n) is 3.61. The molecule has 0 saturated carbocycles. The summed E-state index contributed by atoms with van der Waals surface area (Å²) >= 11 is 0. The number of fused-ring (bicyclic) bond motifs is 1. The number of aryl methyl sites for hydroxylation is 2. The molecule has 1 aromatic carbocycles. The first kappa shape index (κ1) is 15.7.